The molecule has 1 aliphatic rings. The van der Waals surface area contributed by atoms with Gasteiger partial charge in [-0.05, 0) is 57.0 Å². The van der Waals surface area contributed by atoms with Crippen molar-refractivity contribution in [3.63, 3.8) is 0 Å². The molecule has 0 saturated carbocycles. The second-order valence-electron chi connectivity index (χ2n) is 8.67. The number of amides is 4. The Morgan fingerprint density at radius 1 is 1.08 bits per heavy atom. The summed E-state index contributed by atoms with van der Waals surface area (Å²) in [7, 11) is 0. The molecule has 3 rings (SSSR count). The number of hydrogen-bond acceptors (Lipinski definition) is 4. The van der Waals surface area contributed by atoms with Crippen molar-refractivity contribution < 1.29 is 27.9 Å². The summed E-state index contributed by atoms with van der Waals surface area (Å²) in [6.45, 7) is 7.68. The molecule has 0 aromatic heterocycles. The Hall–Kier alpha value is -3.95. The fourth-order valence-electron chi connectivity index (χ4n) is 3.82. The molecule has 0 radical (unpaired) electrons. The topological polar surface area (TPSA) is 99.8 Å². The summed E-state index contributed by atoms with van der Waals surface area (Å²) in [4.78, 5) is 39.9. The highest BCUT2D eigenvalue weighted by Gasteiger charge is 2.36. The highest BCUT2D eigenvalue weighted by molar-refractivity contribution is 6.00. The molecule has 2 aromatic carbocycles. The predicted octanol–water partition coefficient (Wildman–Crippen LogP) is 5.70. The third-order valence-electron chi connectivity index (χ3n) is 5.55. The Kier molecular flexibility index (Phi) is 8.63. The highest BCUT2D eigenvalue weighted by atomic mass is 19.2. The van der Waals surface area contributed by atoms with E-state index in [1.54, 1.807) is 45.0 Å². The van der Waals surface area contributed by atoms with E-state index in [9.17, 15) is 23.2 Å². The zero-order valence-electron chi connectivity index (χ0n) is 20.7. The first-order valence-corrected chi connectivity index (χ1v) is 11.7. The van der Waals surface area contributed by atoms with Crippen molar-refractivity contribution in [3.8, 4) is 0 Å². The maximum atomic E-state index is 13.4. The fourth-order valence-corrected chi connectivity index (χ4v) is 3.82. The number of carbonyl (C=O) groups is 3. The SMILES string of the molecule is CCCCN1C(=O)NC(c2cccc(NC(=O)Nc3ccc(F)c(F)c3)c2)C(C(=O)OC(C)C)=C1C. The van der Waals surface area contributed by atoms with Crippen molar-refractivity contribution in [2.75, 3.05) is 17.2 Å². The molecule has 3 N–H and O–H groups in total. The Morgan fingerprint density at radius 3 is 2.42 bits per heavy atom. The molecule has 0 aliphatic carbocycles. The van der Waals surface area contributed by atoms with Gasteiger partial charge in [0.2, 0.25) is 0 Å². The lowest BCUT2D eigenvalue weighted by atomic mass is 9.94. The number of rotatable bonds is 8. The van der Waals surface area contributed by atoms with Crippen LogP contribution in [0.15, 0.2) is 53.7 Å². The van der Waals surface area contributed by atoms with E-state index >= 15 is 0 Å². The number of nitrogens with one attached hydrogen (secondary N) is 3. The summed E-state index contributed by atoms with van der Waals surface area (Å²) in [5, 5.41) is 7.93. The maximum absolute atomic E-state index is 13.4. The zero-order valence-corrected chi connectivity index (χ0v) is 20.7. The summed E-state index contributed by atoms with van der Waals surface area (Å²) < 4.78 is 32.0. The third kappa shape index (κ3) is 6.38. The number of esters is 1. The molecule has 1 atom stereocenters. The minimum Gasteiger partial charge on any atom is -0.459 e. The van der Waals surface area contributed by atoms with Crippen LogP contribution in [0.5, 0.6) is 0 Å². The molecule has 10 heteroatoms. The summed E-state index contributed by atoms with van der Waals surface area (Å²) >= 11 is 0. The minimum atomic E-state index is -1.08. The number of carbonyl (C=O) groups excluding carboxylic acids is 3. The fraction of sp³-hybridized carbons (Fsp3) is 0.346. The van der Waals surface area contributed by atoms with Gasteiger partial charge in [-0.3, -0.25) is 4.90 Å². The van der Waals surface area contributed by atoms with E-state index in [0.29, 0.717) is 29.1 Å². The summed E-state index contributed by atoms with van der Waals surface area (Å²) in [5.41, 5.74) is 1.82. The molecule has 1 unspecified atom stereocenters. The van der Waals surface area contributed by atoms with Crippen LogP contribution < -0.4 is 16.0 Å². The summed E-state index contributed by atoms with van der Waals surface area (Å²) in [5.74, 6) is -2.64. The standard InChI is InChI=1S/C26H30F2N4O4/c1-5-6-12-32-16(4)22(24(33)36-15(2)3)23(31-26(32)35)17-8-7-9-18(13-17)29-25(34)30-19-10-11-20(27)21(28)14-19/h7-11,13-15,23H,5-6,12H2,1-4H3,(H,31,35)(H2,29,30,34). The smallest absolute Gasteiger partial charge is 0.338 e. The summed E-state index contributed by atoms with van der Waals surface area (Å²) in [6, 6.07) is 7.83. The van der Waals surface area contributed by atoms with E-state index in [0.717, 1.165) is 25.0 Å². The first kappa shape index (κ1) is 26.7. The Bertz CT molecular complexity index is 1180. The van der Waals surface area contributed by atoms with Gasteiger partial charge in [-0.1, -0.05) is 25.5 Å². The average Bonchev–Trinajstić information content (AvgIpc) is 2.80. The van der Waals surface area contributed by atoms with Crippen molar-refractivity contribution in [2.24, 2.45) is 0 Å². The van der Waals surface area contributed by atoms with Gasteiger partial charge >= 0.3 is 18.0 Å². The van der Waals surface area contributed by atoms with E-state index in [2.05, 4.69) is 16.0 Å². The second-order valence-corrected chi connectivity index (χ2v) is 8.67. The quantitative estimate of drug-likeness (QED) is 0.405. The molecule has 2 aromatic rings. The van der Waals surface area contributed by atoms with Crippen LogP contribution in [0.1, 0.15) is 52.1 Å². The van der Waals surface area contributed by atoms with Crippen LogP contribution in [0.2, 0.25) is 0 Å². The maximum Gasteiger partial charge on any atom is 0.338 e. The van der Waals surface area contributed by atoms with Gasteiger partial charge in [-0.2, -0.15) is 0 Å². The molecule has 0 fully saturated rings. The molecule has 192 valence electrons. The van der Waals surface area contributed by atoms with Gasteiger partial charge in [0.15, 0.2) is 11.6 Å². The second kappa shape index (κ2) is 11.7. The van der Waals surface area contributed by atoms with Gasteiger partial charge < -0.3 is 20.7 Å². The van der Waals surface area contributed by atoms with Crippen molar-refractivity contribution in [1.82, 2.24) is 10.2 Å². The van der Waals surface area contributed by atoms with Gasteiger partial charge in [-0.15, -0.1) is 0 Å². The van der Waals surface area contributed by atoms with E-state index in [1.165, 1.54) is 11.0 Å². The van der Waals surface area contributed by atoms with Gasteiger partial charge in [0.1, 0.15) is 0 Å². The first-order chi connectivity index (χ1) is 17.1. The number of halogens is 2. The van der Waals surface area contributed by atoms with Crippen LogP contribution >= 0.6 is 0 Å². The molecule has 1 aliphatic heterocycles. The van der Waals surface area contributed by atoms with Crippen LogP contribution in [0.25, 0.3) is 0 Å². The number of allylic oxidation sites excluding steroid dienone is 1. The lowest BCUT2D eigenvalue weighted by Gasteiger charge is -2.35. The number of anilines is 2. The Labute approximate surface area is 208 Å². The number of urea groups is 2. The van der Waals surface area contributed by atoms with E-state index in [-0.39, 0.29) is 17.8 Å². The molecule has 1 heterocycles. The van der Waals surface area contributed by atoms with Gasteiger partial charge in [-0.25, -0.2) is 23.2 Å². The minimum absolute atomic E-state index is 0.0755. The number of nitrogens with zero attached hydrogens (tertiary/aromatic N) is 1. The van der Waals surface area contributed by atoms with Crippen LogP contribution in [-0.4, -0.2) is 35.6 Å². The van der Waals surface area contributed by atoms with Gasteiger partial charge in [0.25, 0.3) is 0 Å². The largest absolute Gasteiger partial charge is 0.459 e. The van der Waals surface area contributed by atoms with Crippen LogP contribution in [0.4, 0.5) is 29.7 Å². The van der Waals surface area contributed by atoms with Crippen molar-refractivity contribution in [3.05, 3.63) is 70.9 Å². The molecular formula is C26H30F2N4O4. The molecule has 0 saturated heterocycles. The number of ether oxygens (including phenoxy) is 1. The Morgan fingerprint density at radius 2 is 1.78 bits per heavy atom. The molecule has 36 heavy (non-hydrogen) atoms. The molecular weight excluding hydrogens is 470 g/mol. The predicted molar refractivity (Wildman–Crippen MR) is 132 cm³/mol. The van der Waals surface area contributed by atoms with Gasteiger partial charge in [0.05, 0.1) is 17.7 Å². The zero-order chi connectivity index (χ0) is 26.4. The van der Waals surface area contributed by atoms with E-state index in [4.69, 9.17) is 4.74 Å². The van der Waals surface area contributed by atoms with Crippen LogP contribution in [0.3, 0.4) is 0 Å². The van der Waals surface area contributed by atoms with Gasteiger partial charge in [0, 0.05) is 29.7 Å². The van der Waals surface area contributed by atoms with Crippen LogP contribution in [0, 0.1) is 11.6 Å². The molecule has 0 bridgehead atoms. The number of unbranched alkanes of at least 4 members (excludes halogenated alkanes) is 1. The molecule has 4 amide bonds. The molecule has 8 nitrogen and oxygen atoms in total. The van der Waals surface area contributed by atoms with E-state index < -0.39 is 29.7 Å². The molecule has 0 spiro atoms. The van der Waals surface area contributed by atoms with Crippen molar-refractivity contribution in [1.29, 1.82) is 0 Å². The lowest BCUT2D eigenvalue weighted by molar-refractivity contribution is -0.143. The summed E-state index contributed by atoms with van der Waals surface area (Å²) in [6.07, 6.45) is 1.30. The monoisotopic (exact) mass is 500 g/mol. The number of benzene rings is 2. The lowest BCUT2D eigenvalue weighted by Crippen LogP contribution is -2.48. The normalized spacial score (nSPS) is 15.6. The highest BCUT2D eigenvalue weighted by Crippen LogP contribution is 2.33. The third-order valence-corrected chi connectivity index (χ3v) is 5.55. The first-order valence-electron chi connectivity index (χ1n) is 11.7. The number of hydrogen-bond donors (Lipinski definition) is 3. The van der Waals surface area contributed by atoms with Crippen LogP contribution in [-0.2, 0) is 9.53 Å². The van der Waals surface area contributed by atoms with E-state index in [1.807, 2.05) is 6.92 Å². The van der Waals surface area contributed by atoms with Crippen molar-refractivity contribution in [2.45, 2.75) is 52.7 Å². The Balaban J connectivity index is 1.87. The average molecular weight is 501 g/mol. The van der Waals surface area contributed by atoms with Crippen molar-refractivity contribution >= 4 is 29.4 Å².